The molecule has 69 heavy (non-hydrogen) atoms. The molecule has 2 atom stereocenters. The molecule has 2 unspecified atom stereocenters. The van der Waals surface area contributed by atoms with E-state index in [1.54, 1.807) is 0 Å². The van der Waals surface area contributed by atoms with Gasteiger partial charge in [0.15, 0.2) is 0 Å². The number of ether oxygens (including phenoxy) is 2. The molecule has 1 N–H and O–H groups in total. The minimum absolute atomic E-state index is 0.0798. The number of likely N-dealkylation sites (N-methyl/N-ethyl adjacent to an activating group) is 1. The first-order valence-electron chi connectivity index (χ1n) is 28.7. The van der Waals surface area contributed by atoms with Crippen LogP contribution >= 0.6 is 7.82 Å². The highest BCUT2D eigenvalue weighted by atomic mass is 31.2. The average Bonchev–Trinajstić information content (AvgIpc) is 3.31. The van der Waals surface area contributed by atoms with E-state index in [0.29, 0.717) is 24.1 Å². The van der Waals surface area contributed by atoms with Gasteiger partial charge in [-0.1, -0.05) is 247 Å². The van der Waals surface area contributed by atoms with Gasteiger partial charge in [-0.3, -0.25) is 13.8 Å². The summed E-state index contributed by atoms with van der Waals surface area (Å²) in [5.74, 6) is -0.323. The Morgan fingerprint density at radius 1 is 0.464 bits per heavy atom. The van der Waals surface area contributed by atoms with Crippen molar-refractivity contribution in [2.45, 2.75) is 251 Å². The van der Waals surface area contributed by atoms with Crippen molar-refractivity contribution in [2.75, 3.05) is 54.1 Å². The zero-order valence-electron chi connectivity index (χ0n) is 45.8. The Morgan fingerprint density at radius 3 is 1.25 bits per heavy atom. The lowest BCUT2D eigenvalue weighted by molar-refractivity contribution is -0.870. The zero-order valence-corrected chi connectivity index (χ0v) is 46.7. The highest BCUT2D eigenvalue weighted by Gasteiger charge is 2.26. The van der Waals surface area contributed by atoms with E-state index in [-0.39, 0.29) is 25.8 Å². The standard InChI is InChI=1S/C60H110NO7P/c1-6-8-10-12-14-16-18-20-22-24-26-28-30-31-32-33-35-37-39-41-43-45-47-49-51-53-60(62)68-59(58-67-69(63,64)66-56-54-61(3,4)5)57-65-55-52-50-48-46-44-42-40-38-36-34-29-27-25-23-21-19-17-15-13-11-9-7-2/h9,11,15,17,21,23,27,29,36,38,42,44,59H,6-8,10,12-14,16,18-20,22,24-26,28,30-35,37,39-41,43,45-58H2,1-5H3/p+1/b11-9-,17-15-,23-21-,29-27-,38-36-,44-42-. The fraction of sp³-hybridized carbons (Fsp3) is 0.783. The summed E-state index contributed by atoms with van der Waals surface area (Å²) in [6, 6.07) is 0. The molecule has 0 fully saturated rings. The molecule has 0 aromatic carbocycles. The zero-order chi connectivity index (χ0) is 50.5. The third kappa shape index (κ3) is 56.7. The van der Waals surface area contributed by atoms with Gasteiger partial charge in [0.2, 0.25) is 0 Å². The number of phosphoric ester groups is 1. The van der Waals surface area contributed by atoms with Gasteiger partial charge >= 0.3 is 13.8 Å². The van der Waals surface area contributed by atoms with Gasteiger partial charge < -0.3 is 18.9 Å². The van der Waals surface area contributed by atoms with Crippen LogP contribution in [-0.2, 0) is 27.9 Å². The number of allylic oxidation sites excluding steroid dienone is 12. The molecule has 8 nitrogen and oxygen atoms in total. The Balaban J connectivity index is 4.13. The Labute approximate surface area is 427 Å². The van der Waals surface area contributed by atoms with Gasteiger partial charge in [-0.15, -0.1) is 0 Å². The third-order valence-electron chi connectivity index (χ3n) is 12.3. The molecule has 402 valence electrons. The second-order valence-corrected chi connectivity index (χ2v) is 21.8. The van der Waals surface area contributed by atoms with Crippen LogP contribution < -0.4 is 0 Å². The maximum Gasteiger partial charge on any atom is 0.472 e. The molecule has 0 bridgehead atoms. The first kappa shape index (κ1) is 66.9. The number of carbonyl (C=O) groups is 1. The number of hydrogen-bond donors (Lipinski definition) is 1. The molecule has 9 heteroatoms. The lowest BCUT2D eigenvalue weighted by Crippen LogP contribution is -2.37. The van der Waals surface area contributed by atoms with Crippen molar-refractivity contribution in [1.29, 1.82) is 0 Å². The molecular weight excluding hydrogens is 878 g/mol. The Kier molecular flexibility index (Phi) is 50.7. The van der Waals surface area contributed by atoms with Crippen molar-refractivity contribution in [3.05, 3.63) is 72.9 Å². The minimum Gasteiger partial charge on any atom is -0.457 e. The number of rotatable bonds is 53. The van der Waals surface area contributed by atoms with Crippen molar-refractivity contribution in [3.8, 4) is 0 Å². The van der Waals surface area contributed by atoms with Crippen LogP contribution in [0.2, 0.25) is 0 Å². The molecule has 0 saturated carbocycles. The molecule has 0 aliphatic rings. The van der Waals surface area contributed by atoms with Crippen LogP contribution in [0.15, 0.2) is 72.9 Å². The fourth-order valence-electron chi connectivity index (χ4n) is 7.91. The summed E-state index contributed by atoms with van der Waals surface area (Å²) in [6.07, 6.45) is 69.7. The van der Waals surface area contributed by atoms with E-state index in [4.69, 9.17) is 18.5 Å². The summed E-state index contributed by atoms with van der Waals surface area (Å²) < 4.78 is 35.2. The minimum atomic E-state index is -4.30. The van der Waals surface area contributed by atoms with Crippen LogP contribution in [0, 0.1) is 0 Å². The summed E-state index contributed by atoms with van der Waals surface area (Å²) in [6.45, 7) is 5.45. The second-order valence-electron chi connectivity index (χ2n) is 20.3. The van der Waals surface area contributed by atoms with Gasteiger partial charge in [0.1, 0.15) is 19.3 Å². The molecule has 0 aliphatic heterocycles. The quantitative estimate of drug-likeness (QED) is 0.0213. The highest BCUT2D eigenvalue weighted by Crippen LogP contribution is 2.43. The number of carbonyl (C=O) groups excluding carboxylic acids is 1. The van der Waals surface area contributed by atoms with Crippen molar-refractivity contribution in [1.82, 2.24) is 0 Å². The van der Waals surface area contributed by atoms with Gasteiger partial charge in [0.25, 0.3) is 0 Å². The molecule has 0 rings (SSSR count). The predicted octanol–water partition coefficient (Wildman–Crippen LogP) is 18.2. The maximum absolute atomic E-state index is 12.8. The summed E-state index contributed by atoms with van der Waals surface area (Å²) in [4.78, 5) is 23.1. The van der Waals surface area contributed by atoms with Gasteiger partial charge in [0.05, 0.1) is 34.4 Å². The number of unbranched alkanes of at least 4 members (excludes halogenated alkanes) is 27. The monoisotopic (exact) mass is 989 g/mol. The van der Waals surface area contributed by atoms with Crippen LogP contribution in [0.4, 0.5) is 0 Å². The maximum atomic E-state index is 12.8. The van der Waals surface area contributed by atoms with Gasteiger partial charge in [-0.2, -0.15) is 0 Å². The van der Waals surface area contributed by atoms with Crippen LogP contribution in [0.1, 0.15) is 245 Å². The molecule has 0 aromatic rings. The summed E-state index contributed by atoms with van der Waals surface area (Å²) in [5, 5.41) is 0. The van der Waals surface area contributed by atoms with E-state index in [1.165, 1.54) is 141 Å². The Hall–Kier alpha value is -2.06. The third-order valence-corrected chi connectivity index (χ3v) is 13.3. The van der Waals surface area contributed by atoms with E-state index in [0.717, 1.165) is 83.5 Å². The first-order chi connectivity index (χ1) is 33.6. The number of quaternary nitrogens is 1. The second kappa shape index (κ2) is 52.3. The van der Waals surface area contributed by atoms with Crippen LogP contribution in [0.5, 0.6) is 0 Å². The lowest BCUT2D eigenvalue weighted by atomic mass is 10.0. The summed E-state index contributed by atoms with van der Waals surface area (Å²) in [7, 11) is 1.64. The van der Waals surface area contributed by atoms with Crippen LogP contribution in [-0.4, -0.2) is 75.6 Å². The van der Waals surface area contributed by atoms with Crippen molar-refractivity contribution in [2.24, 2.45) is 0 Å². The van der Waals surface area contributed by atoms with Crippen molar-refractivity contribution < 1.29 is 37.3 Å². The Bertz CT molecular complexity index is 1330. The van der Waals surface area contributed by atoms with Gasteiger partial charge in [0, 0.05) is 13.0 Å². The van der Waals surface area contributed by atoms with E-state index >= 15 is 0 Å². The fourth-order valence-corrected chi connectivity index (χ4v) is 8.65. The van der Waals surface area contributed by atoms with E-state index < -0.39 is 13.9 Å². The smallest absolute Gasteiger partial charge is 0.457 e. The SMILES string of the molecule is CC/C=C\C/C=C\C/C=C\C/C=C\C/C=C\C/C=C\CCCCCOCC(COP(=O)(O)OCC[N+](C)(C)C)OC(=O)CCCCCCCCCCCCCCCCCCCCCCCCCCC. The molecule has 0 spiro atoms. The van der Waals surface area contributed by atoms with E-state index in [2.05, 4.69) is 86.8 Å². The van der Waals surface area contributed by atoms with Crippen molar-refractivity contribution in [3.63, 3.8) is 0 Å². The molecular formula is C60H111NO7P+. The molecule has 0 heterocycles. The normalized spacial score (nSPS) is 14.0. The number of esters is 1. The van der Waals surface area contributed by atoms with Crippen molar-refractivity contribution >= 4 is 13.8 Å². The number of hydrogen-bond acceptors (Lipinski definition) is 6. The molecule has 0 saturated heterocycles. The van der Waals surface area contributed by atoms with Crippen LogP contribution in [0.3, 0.4) is 0 Å². The largest absolute Gasteiger partial charge is 0.472 e. The van der Waals surface area contributed by atoms with Crippen LogP contribution in [0.25, 0.3) is 0 Å². The van der Waals surface area contributed by atoms with Gasteiger partial charge in [-0.05, 0) is 64.2 Å². The molecule has 0 aromatic heterocycles. The summed E-state index contributed by atoms with van der Waals surface area (Å²) >= 11 is 0. The van der Waals surface area contributed by atoms with E-state index in [1.807, 2.05) is 21.1 Å². The number of nitrogens with zero attached hydrogens (tertiary/aromatic N) is 1. The Morgan fingerprint density at radius 2 is 0.841 bits per heavy atom. The van der Waals surface area contributed by atoms with E-state index in [9.17, 15) is 14.3 Å². The predicted molar refractivity (Wildman–Crippen MR) is 298 cm³/mol. The highest BCUT2D eigenvalue weighted by molar-refractivity contribution is 7.47. The molecule has 0 amide bonds. The number of phosphoric acid groups is 1. The summed E-state index contributed by atoms with van der Waals surface area (Å²) in [5.41, 5.74) is 0. The molecule has 0 radical (unpaired) electrons. The first-order valence-corrected chi connectivity index (χ1v) is 30.2. The average molecular weight is 990 g/mol. The molecule has 0 aliphatic carbocycles. The topological polar surface area (TPSA) is 91.3 Å². The lowest BCUT2D eigenvalue weighted by Gasteiger charge is -2.24. The van der Waals surface area contributed by atoms with Gasteiger partial charge in [-0.25, -0.2) is 4.57 Å².